The Morgan fingerprint density at radius 2 is 1.43 bits per heavy atom. The predicted octanol–water partition coefficient (Wildman–Crippen LogP) is 3.21. The van der Waals surface area contributed by atoms with Crippen LogP contribution in [0.25, 0.3) is 0 Å². The molecule has 0 aliphatic carbocycles. The highest BCUT2D eigenvalue weighted by Gasteiger charge is 2.48. The number of fused-ring (bicyclic) bond motifs is 2. The Morgan fingerprint density at radius 3 is 2.07 bits per heavy atom. The van der Waals surface area contributed by atoms with Gasteiger partial charge in [0.25, 0.3) is 0 Å². The van der Waals surface area contributed by atoms with Crippen LogP contribution in [0.2, 0.25) is 0 Å². The maximum atomic E-state index is 10.2. The van der Waals surface area contributed by atoms with Crippen molar-refractivity contribution < 1.29 is 33.5 Å². The highest BCUT2D eigenvalue weighted by Crippen LogP contribution is 2.52. The molecular formula is C21H22O7. The van der Waals surface area contributed by atoms with Crippen LogP contribution in [-0.4, -0.2) is 39.3 Å². The Morgan fingerprint density at radius 1 is 0.821 bits per heavy atom. The summed E-state index contributed by atoms with van der Waals surface area (Å²) in [5, 5.41) is 10.2. The summed E-state index contributed by atoms with van der Waals surface area (Å²) in [5.41, 5.74) is 1.98. The molecule has 5 rings (SSSR count). The zero-order valence-corrected chi connectivity index (χ0v) is 15.7. The van der Waals surface area contributed by atoms with Crippen molar-refractivity contribution >= 4 is 0 Å². The number of phenols is 1. The van der Waals surface area contributed by atoms with E-state index in [4.69, 9.17) is 28.4 Å². The molecule has 3 aliphatic rings. The number of methoxy groups -OCH3 is 2. The molecule has 2 fully saturated rings. The standard InChI is InChI=1S/C21H22O7/c1-23-17-6-12(7-18(24-2)19(17)22)21-14-9-25-20(13(14)8-26-21)11-3-4-15-16(5-11)28-10-27-15/h3-7,13-14,20-22H,8-10H2,1-2H3/t13-,14-,20+,21+/m0/s1. The minimum atomic E-state index is -0.146. The average Bonchev–Trinajstić information content (AvgIpc) is 3.43. The van der Waals surface area contributed by atoms with Gasteiger partial charge in [0.15, 0.2) is 23.0 Å². The summed E-state index contributed by atoms with van der Waals surface area (Å²) in [7, 11) is 3.04. The van der Waals surface area contributed by atoms with Gasteiger partial charge in [-0.1, -0.05) is 6.07 Å². The van der Waals surface area contributed by atoms with Gasteiger partial charge in [0.2, 0.25) is 12.5 Å². The van der Waals surface area contributed by atoms with Gasteiger partial charge in [0.1, 0.15) is 0 Å². The highest BCUT2D eigenvalue weighted by atomic mass is 16.7. The summed E-state index contributed by atoms with van der Waals surface area (Å²) < 4.78 is 33.8. The van der Waals surface area contributed by atoms with Crippen LogP contribution in [0.3, 0.4) is 0 Å². The molecule has 0 radical (unpaired) electrons. The summed E-state index contributed by atoms with van der Waals surface area (Å²) in [4.78, 5) is 0. The van der Waals surface area contributed by atoms with E-state index >= 15 is 0 Å². The third-order valence-electron chi connectivity index (χ3n) is 5.82. The third kappa shape index (κ3) is 2.65. The molecule has 0 saturated carbocycles. The zero-order chi connectivity index (χ0) is 19.3. The van der Waals surface area contributed by atoms with Gasteiger partial charge >= 0.3 is 0 Å². The van der Waals surface area contributed by atoms with Crippen molar-refractivity contribution in [2.75, 3.05) is 34.2 Å². The SMILES string of the molecule is COc1cc([C@H]2OC[C@H]3[C@@H]2CO[C@@H]3c2ccc3c(c2)OCO3)cc(OC)c1O. The molecular weight excluding hydrogens is 364 g/mol. The van der Waals surface area contributed by atoms with E-state index in [0.717, 1.165) is 22.6 Å². The topological polar surface area (TPSA) is 75.6 Å². The second kappa shape index (κ2) is 6.76. The van der Waals surface area contributed by atoms with Crippen molar-refractivity contribution in [2.45, 2.75) is 12.2 Å². The van der Waals surface area contributed by atoms with E-state index in [9.17, 15) is 5.11 Å². The van der Waals surface area contributed by atoms with E-state index in [0.29, 0.717) is 24.7 Å². The lowest BCUT2D eigenvalue weighted by Gasteiger charge is -2.19. The summed E-state index contributed by atoms with van der Waals surface area (Å²) >= 11 is 0. The van der Waals surface area contributed by atoms with Crippen LogP contribution in [0.1, 0.15) is 23.3 Å². The molecule has 3 heterocycles. The summed E-state index contributed by atoms with van der Waals surface area (Å²) in [6.45, 7) is 1.45. The maximum absolute atomic E-state index is 10.2. The predicted molar refractivity (Wildman–Crippen MR) is 98.1 cm³/mol. The van der Waals surface area contributed by atoms with Crippen LogP contribution in [0.5, 0.6) is 28.7 Å². The van der Waals surface area contributed by atoms with Crippen molar-refractivity contribution in [3.8, 4) is 28.7 Å². The Hall–Kier alpha value is -2.64. The van der Waals surface area contributed by atoms with Gasteiger partial charge < -0.3 is 33.5 Å². The molecule has 0 bridgehead atoms. The summed E-state index contributed by atoms with van der Waals surface area (Å²) in [6.07, 6.45) is -0.196. The van der Waals surface area contributed by atoms with E-state index in [-0.39, 0.29) is 36.6 Å². The van der Waals surface area contributed by atoms with Gasteiger partial charge in [0, 0.05) is 11.8 Å². The average molecular weight is 386 g/mol. The van der Waals surface area contributed by atoms with Gasteiger partial charge in [0.05, 0.1) is 39.6 Å². The molecule has 148 valence electrons. The molecule has 0 spiro atoms. The fourth-order valence-corrected chi connectivity index (χ4v) is 4.40. The second-order valence-corrected chi connectivity index (χ2v) is 7.22. The number of hydrogen-bond acceptors (Lipinski definition) is 7. The number of ether oxygens (including phenoxy) is 6. The monoisotopic (exact) mass is 386 g/mol. The van der Waals surface area contributed by atoms with Crippen LogP contribution < -0.4 is 18.9 Å². The first-order chi connectivity index (χ1) is 13.7. The van der Waals surface area contributed by atoms with Crippen molar-refractivity contribution in [2.24, 2.45) is 11.8 Å². The normalized spacial score (nSPS) is 27.6. The van der Waals surface area contributed by atoms with Crippen LogP contribution in [-0.2, 0) is 9.47 Å². The van der Waals surface area contributed by atoms with Crippen molar-refractivity contribution in [1.29, 1.82) is 0 Å². The Labute approximate surface area is 162 Å². The lowest BCUT2D eigenvalue weighted by atomic mass is 9.85. The third-order valence-corrected chi connectivity index (χ3v) is 5.82. The first kappa shape index (κ1) is 17.5. The number of benzene rings is 2. The van der Waals surface area contributed by atoms with Crippen LogP contribution in [0, 0.1) is 11.8 Å². The van der Waals surface area contributed by atoms with Crippen molar-refractivity contribution in [3.63, 3.8) is 0 Å². The van der Waals surface area contributed by atoms with E-state index < -0.39 is 0 Å². The van der Waals surface area contributed by atoms with Crippen LogP contribution in [0.15, 0.2) is 30.3 Å². The first-order valence-corrected chi connectivity index (χ1v) is 9.27. The largest absolute Gasteiger partial charge is 0.502 e. The van der Waals surface area contributed by atoms with Gasteiger partial charge in [-0.3, -0.25) is 0 Å². The molecule has 2 aromatic carbocycles. The second-order valence-electron chi connectivity index (χ2n) is 7.22. The van der Waals surface area contributed by atoms with Crippen LogP contribution in [0.4, 0.5) is 0 Å². The van der Waals surface area contributed by atoms with Gasteiger partial charge in [-0.2, -0.15) is 0 Å². The number of phenolic OH excluding ortho intramolecular Hbond substituents is 1. The molecule has 4 atom stereocenters. The number of hydrogen-bond donors (Lipinski definition) is 1. The minimum absolute atomic E-state index is 0.01000. The van der Waals surface area contributed by atoms with Crippen LogP contribution >= 0.6 is 0 Å². The lowest BCUT2D eigenvalue weighted by Crippen LogP contribution is -2.14. The Bertz CT molecular complexity index is 871. The molecule has 1 N–H and O–H groups in total. The minimum Gasteiger partial charge on any atom is -0.502 e. The quantitative estimate of drug-likeness (QED) is 0.865. The Balaban J connectivity index is 1.42. The van der Waals surface area contributed by atoms with E-state index in [1.165, 1.54) is 14.2 Å². The zero-order valence-electron chi connectivity index (χ0n) is 15.7. The van der Waals surface area contributed by atoms with Crippen molar-refractivity contribution in [3.05, 3.63) is 41.5 Å². The highest BCUT2D eigenvalue weighted by molar-refractivity contribution is 5.53. The van der Waals surface area contributed by atoms with Gasteiger partial charge in [-0.25, -0.2) is 0 Å². The van der Waals surface area contributed by atoms with Gasteiger partial charge in [-0.15, -0.1) is 0 Å². The molecule has 3 aliphatic heterocycles. The summed E-state index contributed by atoms with van der Waals surface area (Å²) in [5.74, 6) is 2.69. The molecule has 0 amide bonds. The number of aromatic hydroxyl groups is 1. The smallest absolute Gasteiger partial charge is 0.231 e. The molecule has 0 aromatic heterocycles. The van der Waals surface area contributed by atoms with E-state index in [1.807, 2.05) is 18.2 Å². The molecule has 0 unspecified atom stereocenters. The molecule has 2 saturated heterocycles. The van der Waals surface area contributed by atoms with Gasteiger partial charge in [-0.05, 0) is 35.4 Å². The Kier molecular flexibility index (Phi) is 4.21. The fourth-order valence-electron chi connectivity index (χ4n) is 4.40. The number of rotatable bonds is 4. The molecule has 7 heteroatoms. The fraction of sp³-hybridized carbons (Fsp3) is 0.429. The first-order valence-electron chi connectivity index (χ1n) is 9.27. The van der Waals surface area contributed by atoms with Crippen molar-refractivity contribution in [1.82, 2.24) is 0 Å². The molecule has 7 nitrogen and oxygen atoms in total. The molecule has 28 heavy (non-hydrogen) atoms. The maximum Gasteiger partial charge on any atom is 0.231 e. The van der Waals surface area contributed by atoms with E-state index in [2.05, 4.69) is 0 Å². The molecule has 2 aromatic rings. The van der Waals surface area contributed by atoms with E-state index in [1.54, 1.807) is 12.1 Å². The summed E-state index contributed by atoms with van der Waals surface area (Å²) in [6, 6.07) is 9.56. The lowest BCUT2D eigenvalue weighted by molar-refractivity contribution is 0.0191.